The molecule has 1 heterocycles. The van der Waals surface area contributed by atoms with E-state index < -0.39 is 0 Å². The third-order valence-corrected chi connectivity index (χ3v) is 3.42. The zero-order valence-electron chi connectivity index (χ0n) is 11.7. The summed E-state index contributed by atoms with van der Waals surface area (Å²) in [6.45, 7) is 2.38. The number of aryl methyl sites for hydroxylation is 1. The maximum atomic E-state index is 12.7. The topological polar surface area (TPSA) is 72.9 Å². The molecule has 5 nitrogen and oxygen atoms in total. The van der Waals surface area contributed by atoms with Gasteiger partial charge in [-0.25, -0.2) is 10.8 Å². The molecular weight excluding hydrogens is 264 g/mol. The van der Waals surface area contributed by atoms with Gasteiger partial charge in [-0.2, -0.15) is 0 Å². The summed E-state index contributed by atoms with van der Waals surface area (Å²) in [5.74, 6) is 5.88. The molecule has 0 aliphatic heterocycles. The Hall–Kier alpha value is -2.66. The van der Waals surface area contributed by atoms with Gasteiger partial charge in [-0.05, 0) is 24.6 Å². The van der Waals surface area contributed by atoms with Crippen molar-refractivity contribution in [2.75, 3.05) is 5.43 Å². The molecule has 0 fully saturated rings. The second-order valence-electron chi connectivity index (χ2n) is 4.98. The Kier molecular flexibility index (Phi) is 3.41. The standard InChI is InChI=1S/C16H16N4O/c1-11-7-8-14-13(9-11)15(21)20(16(18-14)19-17)10-12-5-3-2-4-6-12/h2-9H,10,17H2,1H3,(H,18,19). The first-order valence-electron chi connectivity index (χ1n) is 6.71. The number of fused-ring (bicyclic) bond motifs is 1. The van der Waals surface area contributed by atoms with E-state index in [2.05, 4.69) is 10.4 Å². The van der Waals surface area contributed by atoms with Crippen LogP contribution in [0.2, 0.25) is 0 Å². The summed E-state index contributed by atoms with van der Waals surface area (Å²) in [4.78, 5) is 17.1. The first-order chi connectivity index (χ1) is 10.2. The number of rotatable bonds is 3. The fourth-order valence-electron chi connectivity index (χ4n) is 2.36. The van der Waals surface area contributed by atoms with Crippen molar-refractivity contribution in [1.29, 1.82) is 0 Å². The van der Waals surface area contributed by atoms with Crippen molar-refractivity contribution in [3.63, 3.8) is 0 Å². The lowest BCUT2D eigenvalue weighted by Crippen LogP contribution is -2.27. The van der Waals surface area contributed by atoms with E-state index >= 15 is 0 Å². The van der Waals surface area contributed by atoms with E-state index in [9.17, 15) is 4.79 Å². The Bertz CT molecular complexity index is 840. The van der Waals surface area contributed by atoms with Crippen molar-refractivity contribution >= 4 is 16.9 Å². The molecule has 0 aliphatic carbocycles. The molecule has 0 amide bonds. The third-order valence-electron chi connectivity index (χ3n) is 3.42. The highest BCUT2D eigenvalue weighted by molar-refractivity contribution is 5.79. The van der Waals surface area contributed by atoms with Crippen molar-refractivity contribution in [2.24, 2.45) is 5.84 Å². The van der Waals surface area contributed by atoms with Crippen LogP contribution in [-0.4, -0.2) is 9.55 Å². The maximum absolute atomic E-state index is 12.7. The van der Waals surface area contributed by atoms with E-state index in [1.807, 2.05) is 55.5 Å². The van der Waals surface area contributed by atoms with Crippen molar-refractivity contribution in [1.82, 2.24) is 9.55 Å². The van der Waals surface area contributed by atoms with Gasteiger partial charge in [0.2, 0.25) is 5.95 Å². The highest BCUT2D eigenvalue weighted by Crippen LogP contribution is 2.14. The lowest BCUT2D eigenvalue weighted by atomic mass is 10.1. The largest absolute Gasteiger partial charge is 0.294 e. The van der Waals surface area contributed by atoms with Crippen LogP contribution in [0.5, 0.6) is 0 Å². The van der Waals surface area contributed by atoms with Crippen molar-refractivity contribution in [3.05, 3.63) is 70.0 Å². The van der Waals surface area contributed by atoms with Gasteiger partial charge in [0.15, 0.2) is 0 Å². The van der Waals surface area contributed by atoms with Crippen molar-refractivity contribution in [3.8, 4) is 0 Å². The van der Waals surface area contributed by atoms with Crippen molar-refractivity contribution in [2.45, 2.75) is 13.5 Å². The second kappa shape index (κ2) is 5.38. The molecule has 106 valence electrons. The molecule has 0 spiro atoms. The van der Waals surface area contributed by atoms with Crippen LogP contribution in [0.3, 0.4) is 0 Å². The summed E-state index contributed by atoms with van der Waals surface area (Å²) >= 11 is 0. The average Bonchev–Trinajstić information content (AvgIpc) is 2.51. The Morgan fingerprint density at radius 2 is 1.95 bits per heavy atom. The summed E-state index contributed by atoms with van der Waals surface area (Å²) < 4.78 is 1.55. The molecule has 0 bridgehead atoms. The molecule has 0 radical (unpaired) electrons. The van der Waals surface area contributed by atoms with Gasteiger partial charge in [0.05, 0.1) is 17.4 Å². The molecule has 2 aromatic carbocycles. The molecule has 3 aromatic rings. The summed E-state index contributed by atoms with van der Waals surface area (Å²) in [5.41, 5.74) is 5.11. The van der Waals surface area contributed by atoms with E-state index in [0.29, 0.717) is 23.4 Å². The number of anilines is 1. The van der Waals surface area contributed by atoms with Crippen LogP contribution in [0, 0.1) is 6.92 Å². The van der Waals surface area contributed by atoms with E-state index in [1.54, 1.807) is 4.57 Å². The number of nitrogens with one attached hydrogen (secondary N) is 1. The van der Waals surface area contributed by atoms with Gasteiger partial charge in [0.1, 0.15) is 0 Å². The van der Waals surface area contributed by atoms with E-state index in [1.165, 1.54) is 0 Å². The molecule has 0 saturated heterocycles. The Labute approximate surface area is 122 Å². The molecule has 1 aromatic heterocycles. The van der Waals surface area contributed by atoms with Gasteiger partial charge in [0, 0.05) is 0 Å². The number of nitrogens with zero attached hydrogens (tertiary/aromatic N) is 2. The number of hydrogen-bond donors (Lipinski definition) is 2. The molecular formula is C16H16N4O. The fraction of sp³-hybridized carbons (Fsp3) is 0.125. The van der Waals surface area contributed by atoms with Crippen molar-refractivity contribution < 1.29 is 0 Å². The van der Waals surface area contributed by atoms with Gasteiger partial charge >= 0.3 is 0 Å². The van der Waals surface area contributed by atoms with Crippen LogP contribution in [0.1, 0.15) is 11.1 Å². The third kappa shape index (κ3) is 2.51. The number of nitrogen functional groups attached to an aromatic ring is 1. The SMILES string of the molecule is Cc1ccc2nc(NN)n(Cc3ccccc3)c(=O)c2c1. The normalized spacial score (nSPS) is 10.8. The van der Waals surface area contributed by atoms with E-state index in [0.717, 1.165) is 11.1 Å². The lowest BCUT2D eigenvalue weighted by Gasteiger charge is -2.13. The molecule has 21 heavy (non-hydrogen) atoms. The van der Waals surface area contributed by atoms with Gasteiger partial charge in [0.25, 0.3) is 5.56 Å². The monoisotopic (exact) mass is 280 g/mol. The van der Waals surface area contributed by atoms with Gasteiger partial charge in [-0.3, -0.25) is 14.8 Å². The van der Waals surface area contributed by atoms with Crippen LogP contribution in [0.4, 0.5) is 5.95 Å². The minimum Gasteiger partial charge on any atom is -0.294 e. The molecule has 3 rings (SSSR count). The van der Waals surface area contributed by atoms with Crippen LogP contribution in [0.25, 0.3) is 10.9 Å². The number of benzene rings is 2. The maximum Gasteiger partial charge on any atom is 0.263 e. The fourth-order valence-corrected chi connectivity index (χ4v) is 2.36. The van der Waals surface area contributed by atoms with E-state index in [-0.39, 0.29) is 5.56 Å². The van der Waals surface area contributed by atoms with Gasteiger partial charge in [-0.15, -0.1) is 0 Å². The molecule has 0 atom stereocenters. The zero-order valence-corrected chi connectivity index (χ0v) is 11.7. The quantitative estimate of drug-likeness (QED) is 0.569. The number of aromatic nitrogens is 2. The summed E-state index contributed by atoms with van der Waals surface area (Å²) in [7, 11) is 0. The highest BCUT2D eigenvalue weighted by Gasteiger charge is 2.10. The molecule has 5 heteroatoms. The minimum absolute atomic E-state index is 0.0968. The van der Waals surface area contributed by atoms with Gasteiger partial charge < -0.3 is 0 Å². The predicted octanol–water partition coefficient (Wildman–Crippen LogP) is 2.04. The first-order valence-corrected chi connectivity index (χ1v) is 6.71. The lowest BCUT2D eigenvalue weighted by molar-refractivity contribution is 0.754. The minimum atomic E-state index is -0.0968. The summed E-state index contributed by atoms with van der Waals surface area (Å²) in [6, 6.07) is 15.4. The Morgan fingerprint density at radius 3 is 2.67 bits per heavy atom. The van der Waals surface area contributed by atoms with Crippen LogP contribution in [-0.2, 0) is 6.54 Å². The van der Waals surface area contributed by atoms with Crippen LogP contribution in [0.15, 0.2) is 53.3 Å². The second-order valence-corrected chi connectivity index (χ2v) is 4.98. The van der Waals surface area contributed by atoms with E-state index in [4.69, 9.17) is 5.84 Å². The van der Waals surface area contributed by atoms with Gasteiger partial charge in [-0.1, -0.05) is 42.0 Å². The average molecular weight is 280 g/mol. The number of nitrogens with two attached hydrogens (primary N) is 1. The van der Waals surface area contributed by atoms with Crippen LogP contribution >= 0.6 is 0 Å². The number of hydrazine groups is 1. The first kappa shape index (κ1) is 13.3. The number of hydrogen-bond acceptors (Lipinski definition) is 4. The Balaban J connectivity index is 2.20. The van der Waals surface area contributed by atoms with Crippen LogP contribution < -0.4 is 16.8 Å². The molecule has 0 saturated carbocycles. The molecule has 3 N–H and O–H groups in total. The highest BCUT2D eigenvalue weighted by atomic mass is 16.1. The Morgan fingerprint density at radius 1 is 1.19 bits per heavy atom. The summed E-state index contributed by atoms with van der Waals surface area (Å²) in [6.07, 6.45) is 0. The zero-order chi connectivity index (χ0) is 14.8. The summed E-state index contributed by atoms with van der Waals surface area (Å²) in [5, 5.41) is 0.602. The smallest absolute Gasteiger partial charge is 0.263 e. The molecule has 0 aliphatic rings. The molecule has 0 unspecified atom stereocenters. The predicted molar refractivity (Wildman–Crippen MR) is 84.1 cm³/mol.